The van der Waals surface area contributed by atoms with Crippen LogP contribution in [0, 0.1) is 0 Å². The summed E-state index contributed by atoms with van der Waals surface area (Å²) in [4.78, 5) is 4.29. The molecular weight excluding hydrogens is 443 g/mol. The Balaban J connectivity index is 0.00000529. The van der Waals surface area contributed by atoms with Crippen molar-refractivity contribution in [1.82, 2.24) is 15.4 Å². The Hall–Kier alpha value is -1.17. The number of ether oxygens (including phenoxy) is 1. The number of hydrogen-bond donors (Lipinski definition) is 3. The molecule has 3 N–H and O–H groups in total. The predicted molar refractivity (Wildman–Crippen MR) is 107 cm³/mol. The van der Waals surface area contributed by atoms with E-state index in [9.17, 15) is 8.42 Å². The molecule has 0 radical (unpaired) electrons. The van der Waals surface area contributed by atoms with E-state index in [1.165, 1.54) is 7.11 Å². The number of nitrogens with zero attached hydrogens (tertiary/aromatic N) is 1. The van der Waals surface area contributed by atoms with Gasteiger partial charge >= 0.3 is 0 Å². The van der Waals surface area contributed by atoms with E-state index in [-0.39, 0.29) is 35.4 Å². The van der Waals surface area contributed by atoms with Crippen molar-refractivity contribution in [3.05, 3.63) is 42.5 Å². The molecule has 1 aromatic carbocycles. The Morgan fingerprint density at radius 1 is 1.38 bits per heavy atom. The van der Waals surface area contributed by atoms with E-state index in [1.54, 1.807) is 31.3 Å². The average Bonchev–Trinajstić information content (AvgIpc) is 2.55. The van der Waals surface area contributed by atoms with Gasteiger partial charge in [-0.25, -0.2) is 13.1 Å². The molecule has 0 fully saturated rings. The molecular formula is C15H25IN4O3S. The third-order valence-corrected chi connectivity index (χ3v) is 4.36. The molecule has 0 bridgehead atoms. The summed E-state index contributed by atoms with van der Waals surface area (Å²) in [6, 6.07) is 6.75. The van der Waals surface area contributed by atoms with Gasteiger partial charge < -0.3 is 15.4 Å². The number of benzene rings is 1. The van der Waals surface area contributed by atoms with Crippen LogP contribution in [0.4, 0.5) is 0 Å². The summed E-state index contributed by atoms with van der Waals surface area (Å²) in [5.41, 5.74) is 0.834. The Morgan fingerprint density at radius 2 is 2.12 bits per heavy atom. The second-order valence-electron chi connectivity index (χ2n) is 4.63. The summed E-state index contributed by atoms with van der Waals surface area (Å²) in [7, 11) is -0.343. The number of hydrogen-bond acceptors (Lipinski definition) is 4. The van der Waals surface area contributed by atoms with Gasteiger partial charge in [-0.3, -0.25) is 4.99 Å². The molecule has 0 spiro atoms. The van der Waals surface area contributed by atoms with Gasteiger partial charge in [-0.15, -0.1) is 30.6 Å². The third kappa shape index (κ3) is 8.08. The third-order valence-electron chi connectivity index (χ3n) is 2.90. The summed E-state index contributed by atoms with van der Waals surface area (Å²) >= 11 is 0. The Labute approximate surface area is 161 Å². The number of rotatable bonds is 9. The SMILES string of the molecule is C=CCNC(=NC)NCc1cccc(S(=O)(=O)NCCOC)c1.I. The fourth-order valence-electron chi connectivity index (χ4n) is 1.76. The summed E-state index contributed by atoms with van der Waals surface area (Å²) in [5, 5.41) is 6.15. The summed E-state index contributed by atoms with van der Waals surface area (Å²) < 4.78 is 31.7. The minimum atomic E-state index is -3.53. The molecule has 9 heteroatoms. The standard InChI is InChI=1S/C15H24N4O3S.HI/c1-4-8-17-15(16-2)18-12-13-6-5-7-14(11-13)23(20,21)19-9-10-22-3;/h4-7,11,19H,1,8-10,12H2,2-3H3,(H2,16,17,18);1H. The molecule has 0 aliphatic rings. The minimum absolute atomic E-state index is 0. The van der Waals surface area contributed by atoms with Gasteiger partial charge in [-0.1, -0.05) is 18.2 Å². The van der Waals surface area contributed by atoms with Crippen LogP contribution in [0.15, 0.2) is 46.8 Å². The number of halogens is 1. The molecule has 1 aromatic rings. The second-order valence-corrected chi connectivity index (χ2v) is 6.40. The Kier molecular flexibility index (Phi) is 11.6. The van der Waals surface area contributed by atoms with Crippen LogP contribution in [0.5, 0.6) is 0 Å². The fourth-order valence-corrected chi connectivity index (χ4v) is 2.84. The molecule has 0 unspecified atom stereocenters. The normalized spacial score (nSPS) is 11.5. The maximum Gasteiger partial charge on any atom is 0.240 e. The van der Waals surface area contributed by atoms with Crippen molar-refractivity contribution in [2.24, 2.45) is 4.99 Å². The fraction of sp³-hybridized carbons (Fsp3) is 0.400. The van der Waals surface area contributed by atoms with Gasteiger partial charge in [-0.05, 0) is 17.7 Å². The number of guanidine groups is 1. The van der Waals surface area contributed by atoms with Crippen molar-refractivity contribution >= 4 is 40.0 Å². The molecule has 0 saturated carbocycles. The molecule has 0 aromatic heterocycles. The largest absolute Gasteiger partial charge is 0.383 e. The van der Waals surface area contributed by atoms with E-state index < -0.39 is 10.0 Å². The number of sulfonamides is 1. The quantitative estimate of drug-likeness (QED) is 0.166. The molecule has 0 aliphatic heterocycles. The van der Waals surface area contributed by atoms with Crippen LogP contribution < -0.4 is 15.4 Å². The highest BCUT2D eigenvalue weighted by molar-refractivity contribution is 14.0. The Bertz CT molecular complexity index is 635. The average molecular weight is 468 g/mol. The van der Waals surface area contributed by atoms with Crippen LogP contribution in [0.2, 0.25) is 0 Å². The molecule has 7 nitrogen and oxygen atoms in total. The smallest absolute Gasteiger partial charge is 0.240 e. The van der Waals surface area contributed by atoms with E-state index >= 15 is 0 Å². The van der Waals surface area contributed by atoms with E-state index in [0.717, 1.165) is 5.56 Å². The zero-order valence-electron chi connectivity index (χ0n) is 13.9. The molecule has 0 saturated heterocycles. The highest BCUT2D eigenvalue weighted by Gasteiger charge is 2.13. The van der Waals surface area contributed by atoms with Gasteiger partial charge in [0.2, 0.25) is 10.0 Å². The zero-order valence-corrected chi connectivity index (χ0v) is 17.1. The van der Waals surface area contributed by atoms with Gasteiger partial charge in [0.1, 0.15) is 0 Å². The monoisotopic (exact) mass is 468 g/mol. The summed E-state index contributed by atoms with van der Waals surface area (Å²) in [6.07, 6.45) is 1.73. The van der Waals surface area contributed by atoms with Crippen LogP contribution >= 0.6 is 24.0 Å². The van der Waals surface area contributed by atoms with Crippen molar-refractivity contribution in [2.75, 3.05) is 33.9 Å². The highest BCUT2D eigenvalue weighted by atomic mass is 127. The second kappa shape index (κ2) is 12.2. The number of aliphatic imine (C=N–C) groups is 1. The summed E-state index contributed by atoms with van der Waals surface area (Å²) in [5.74, 6) is 0.622. The molecule has 24 heavy (non-hydrogen) atoms. The van der Waals surface area contributed by atoms with Crippen LogP contribution in [-0.2, 0) is 21.3 Å². The van der Waals surface area contributed by atoms with E-state index in [1.807, 2.05) is 6.07 Å². The molecule has 136 valence electrons. The van der Waals surface area contributed by atoms with E-state index in [4.69, 9.17) is 4.74 Å². The summed E-state index contributed by atoms with van der Waals surface area (Å²) in [6.45, 7) is 5.24. The lowest BCUT2D eigenvalue weighted by Gasteiger charge is -2.11. The van der Waals surface area contributed by atoms with Crippen LogP contribution in [-0.4, -0.2) is 48.2 Å². The molecule has 0 aliphatic carbocycles. The van der Waals surface area contributed by atoms with Crippen LogP contribution in [0.1, 0.15) is 5.56 Å². The van der Waals surface area contributed by atoms with Crippen LogP contribution in [0.25, 0.3) is 0 Å². The van der Waals surface area contributed by atoms with Crippen molar-refractivity contribution in [2.45, 2.75) is 11.4 Å². The first-order valence-corrected chi connectivity index (χ1v) is 8.64. The van der Waals surface area contributed by atoms with E-state index in [0.29, 0.717) is 25.7 Å². The van der Waals surface area contributed by atoms with Crippen molar-refractivity contribution < 1.29 is 13.2 Å². The maximum atomic E-state index is 12.2. The number of nitrogens with one attached hydrogen (secondary N) is 3. The zero-order chi connectivity index (χ0) is 17.1. The van der Waals surface area contributed by atoms with Gasteiger partial charge in [-0.2, -0.15) is 0 Å². The van der Waals surface area contributed by atoms with Crippen molar-refractivity contribution in [1.29, 1.82) is 0 Å². The molecule has 0 atom stereocenters. The molecule has 0 heterocycles. The molecule has 0 amide bonds. The highest BCUT2D eigenvalue weighted by Crippen LogP contribution is 2.11. The lowest BCUT2D eigenvalue weighted by Crippen LogP contribution is -2.36. The molecule has 1 rings (SSSR count). The van der Waals surface area contributed by atoms with E-state index in [2.05, 4.69) is 26.9 Å². The van der Waals surface area contributed by atoms with Crippen LogP contribution in [0.3, 0.4) is 0 Å². The predicted octanol–water partition coefficient (Wildman–Crippen LogP) is 1.08. The first-order valence-electron chi connectivity index (χ1n) is 7.16. The number of methoxy groups -OCH3 is 1. The first-order chi connectivity index (χ1) is 11.0. The van der Waals surface area contributed by atoms with Crippen molar-refractivity contribution in [3.8, 4) is 0 Å². The van der Waals surface area contributed by atoms with Gasteiger partial charge in [0.05, 0.1) is 11.5 Å². The van der Waals surface area contributed by atoms with Gasteiger partial charge in [0.25, 0.3) is 0 Å². The van der Waals surface area contributed by atoms with Crippen molar-refractivity contribution in [3.63, 3.8) is 0 Å². The topological polar surface area (TPSA) is 91.8 Å². The van der Waals surface area contributed by atoms with Gasteiger partial charge in [0.15, 0.2) is 5.96 Å². The lowest BCUT2D eigenvalue weighted by atomic mass is 10.2. The first kappa shape index (κ1) is 22.8. The lowest BCUT2D eigenvalue weighted by molar-refractivity contribution is 0.204. The Morgan fingerprint density at radius 3 is 2.75 bits per heavy atom. The maximum absolute atomic E-state index is 12.2. The van der Waals surface area contributed by atoms with Gasteiger partial charge in [0, 0.05) is 33.8 Å². The minimum Gasteiger partial charge on any atom is -0.383 e.